The molecule has 90 valence electrons. The number of methoxy groups -OCH3 is 2. The number of benzene rings is 1. The van der Waals surface area contributed by atoms with E-state index in [0.29, 0.717) is 17.1 Å². The van der Waals surface area contributed by atoms with Crippen LogP contribution in [0.3, 0.4) is 0 Å². The highest BCUT2D eigenvalue weighted by Gasteiger charge is 2.33. The molecule has 0 heterocycles. The summed E-state index contributed by atoms with van der Waals surface area (Å²) in [7, 11) is 2.92. The zero-order valence-corrected chi connectivity index (χ0v) is 9.46. The van der Waals surface area contributed by atoms with E-state index in [1.54, 1.807) is 6.07 Å². The van der Waals surface area contributed by atoms with Gasteiger partial charge >= 0.3 is 0 Å². The van der Waals surface area contributed by atoms with Gasteiger partial charge in [0.2, 0.25) is 0 Å². The molecule has 0 fully saturated rings. The fourth-order valence-corrected chi connectivity index (χ4v) is 1.30. The van der Waals surface area contributed by atoms with Crippen molar-refractivity contribution in [3.05, 3.63) is 23.8 Å². The molecule has 3 nitrogen and oxygen atoms in total. The van der Waals surface area contributed by atoms with Gasteiger partial charge in [0.15, 0.2) is 11.5 Å². The van der Waals surface area contributed by atoms with Gasteiger partial charge in [-0.15, -0.1) is 0 Å². The number of ether oxygens (including phenoxy) is 2. The summed E-state index contributed by atoms with van der Waals surface area (Å²) in [6, 6.07) is 4.53. The summed E-state index contributed by atoms with van der Waals surface area (Å²) in [5, 5.41) is 0. The molecule has 0 radical (unpaired) electrons. The first-order valence-electron chi connectivity index (χ1n) is 4.73. The molecule has 5 heteroatoms. The molecule has 1 atom stereocenters. The van der Waals surface area contributed by atoms with Crippen molar-refractivity contribution in [2.45, 2.75) is 18.9 Å². The van der Waals surface area contributed by atoms with Crippen molar-refractivity contribution in [1.82, 2.24) is 0 Å². The Bertz CT molecular complexity index is 367. The Hall–Kier alpha value is -1.36. The van der Waals surface area contributed by atoms with Crippen LogP contribution in [0.1, 0.15) is 12.5 Å². The second kappa shape index (κ2) is 4.65. The first-order valence-corrected chi connectivity index (χ1v) is 4.73. The Morgan fingerprint density at radius 2 is 1.75 bits per heavy atom. The number of alkyl halides is 2. The third-order valence-electron chi connectivity index (χ3n) is 2.46. The summed E-state index contributed by atoms with van der Waals surface area (Å²) < 4.78 is 35.5. The second-order valence-electron chi connectivity index (χ2n) is 3.65. The van der Waals surface area contributed by atoms with Crippen LogP contribution < -0.4 is 15.2 Å². The molecule has 0 amide bonds. The predicted octanol–water partition coefficient (Wildman–Crippen LogP) is 2.14. The summed E-state index contributed by atoms with van der Waals surface area (Å²) in [6.45, 7) is 1.28. The van der Waals surface area contributed by atoms with Gasteiger partial charge in [-0.1, -0.05) is 6.07 Å². The number of hydrogen-bond donors (Lipinski definition) is 1. The predicted molar refractivity (Wildman–Crippen MR) is 57.1 cm³/mol. The molecule has 0 aliphatic heterocycles. The van der Waals surface area contributed by atoms with Crippen LogP contribution in [0, 0.1) is 0 Å². The lowest BCUT2D eigenvalue weighted by Crippen LogP contribution is -2.40. The van der Waals surface area contributed by atoms with Gasteiger partial charge in [-0.3, -0.25) is 0 Å². The summed E-state index contributed by atoms with van der Waals surface area (Å²) in [4.78, 5) is 0. The molecule has 0 bridgehead atoms. The summed E-state index contributed by atoms with van der Waals surface area (Å²) in [6.07, 6.45) is -2.65. The molecule has 0 spiro atoms. The zero-order valence-electron chi connectivity index (χ0n) is 9.46. The minimum Gasteiger partial charge on any atom is -0.493 e. The van der Waals surface area contributed by atoms with Crippen molar-refractivity contribution >= 4 is 0 Å². The summed E-state index contributed by atoms with van der Waals surface area (Å²) in [5.41, 5.74) is 4.16. The van der Waals surface area contributed by atoms with Crippen LogP contribution in [-0.2, 0) is 5.54 Å². The largest absolute Gasteiger partial charge is 0.493 e. The van der Waals surface area contributed by atoms with E-state index in [2.05, 4.69) is 0 Å². The molecule has 1 aromatic rings. The first kappa shape index (κ1) is 12.7. The Morgan fingerprint density at radius 3 is 2.19 bits per heavy atom. The van der Waals surface area contributed by atoms with Crippen molar-refractivity contribution in [1.29, 1.82) is 0 Å². The molecule has 0 saturated heterocycles. The third kappa shape index (κ3) is 2.24. The van der Waals surface area contributed by atoms with Crippen LogP contribution in [0.2, 0.25) is 0 Å². The smallest absolute Gasteiger partial charge is 0.260 e. The Labute approximate surface area is 93.2 Å². The van der Waals surface area contributed by atoms with Gasteiger partial charge in [-0.2, -0.15) is 0 Å². The van der Waals surface area contributed by atoms with Crippen LogP contribution in [0.5, 0.6) is 11.5 Å². The van der Waals surface area contributed by atoms with Gasteiger partial charge in [-0.25, -0.2) is 8.78 Å². The van der Waals surface area contributed by atoms with Crippen molar-refractivity contribution in [3.8, 4) is 11.5 Å². The third-order valence-corrected chi connectivity index (χ3v) is 2.46. The molecular weight excluding hydrogens is 216 g/mol. The van der Waals surface area contributed by atoms with E-state index in [0.717, 1.165) is 0 Å². The van der Waals surface area contributed by atoms with E-state index in [9.17, 15) is 8.78 Å². The molecule has 0 aliphatic carbocycles. The Balaban J connectivity index is 3.17. The highest BCUT2D eigenvalue weighted by Crippen LogP contribution is 2.33. The van der Waals surface area contributed by atoms with Crippen LogP contribution in [-0.4, -0.2) is 20.6 Å². The van der Waals surface area contributed by atoms with Crippen molar-refractivity contribution in [3.63, 3.8) is 0 Å². The lowest BCUT2D eigenvalue weighted by Gasteiger charge is -2.24. The van der Waals surface area contributed by atoms with Crippen LogP contribution in [0.25, 0.3) is 0 Å². The van der Waals surface area contributed by atoms with Gasteiger partial charge in [-0.05, 0) is 24.6 Å². The average molecular weight is 231 g/mol. The molecule has 0 aromatic heterocycles. The summed E-state index contributed by atoms with van der Waals surface area (Å²) >= 11 is 0. The Morgan fingerprint density at radius 1 is 1.19 bits per heavy atom. The lowest BCUT2D eigenvalue weighted by atomic mass is 9.93. The van der Waals surface area contributed by atoms with E-state index in [4.69, 9.17) is 15.2 Å². The highest BCUT2D eigenvalue weighted by atomic mass is 19.3. The second-order valence-corrected chi connectivity index (χ2v) is 3.65. The highest BCUT2D eigenvalue weighted by molar-refractivity contribution is 5.44. The average Bonchev–Trinajstić information content (AvgIpc) is 2.27. The monoisotopic (exact) mass is 231 g/mol. The van der Waals surface area contributed by atoms with Crippen molar-refractivity contribution in [2.24, 2.45) is 5.73 Å². The summed E-state index contributed by atoms with van der Waals surface area (Å²) in [5.74, 6) is 0.869. The van der Waals surface area contributed by atoms with Crippen molar-refractivity contribution in [2.75, 3.05) is 14.2 Å². The van der Waals surface area contributed by atoms with Gasteiger partial charge in [0.1, 0.15) is 0 Å². The SMILES string of the molecule is COc1ccc(C(C)(N)C(F)F)cc1OC. The maximum absolute atomic E-state index is 12.7. The number of hydrogen-bond acceptors (Lipinski definition) is 3. The number of nitrogens with two attached hydrogens (primary N) is 1. The van der Waals surface area contributed by atoms with Gasteiger partial charge < -0.3 is 15.2 Å². The van der Waals surface area contributed by atoms with Crippen molar-refractivity contribution < 1.29 is 18.3 Å². The standard InChI is InChI=1S/C11H15F2NO2/c1-11(14,10(12)13)7-4-5-8(15-2)9(6-7)16-3/h4-6,10H,14H2,1-3H3. The zero-order chi connectivity index (χ0) is 12.3. The fourth-order valence-electron chi connectivity index (χ4n) is 1.30. The molecule has 2 N–H and O–H groups in total. The molecule has 1 rings (SSSR count). The molecular formula is C11H15F2NO2. The minimum absolute atomic E-state index is 0.306. The quantitative estimate of drug-likeness (QED) is 0.863. The van der Waals surface area contributed by atoms with Crippen LogP contribution >= 0.6 is 0 Å². The van der Waals surface area contributed by atoms with E-state index >= 15 is 0 Å². The molecule has 0 aliphatic rings. The molecule has 16 heavy (non-hydrogen) atoms. The van der Waals surface area contributed by atoms with E-state index in [1.165, 1.54) is 33.3 Å². The van der Waals surface area contributed by atoms with Gasteiger partial charge in [0.05, 0.1) is 19.8 Å². The number of rotatable bonds is 4. The minimum atomic E-state index is -2.65. The maximum Gasteiger partial charge on any atom is 0.260 e. The fraction of sp³-hybridized carbons (Fsp3) is 0.455. The van der Waals surface area contributed by atoms with Crippen LogP contribution in [0.15, 0.2) is 18.2 Å². The Kier molecular flexibility index (Phi) is 3.70. The normalized spacial score (nSPS) is 14.7. The molecule has 1 aromatic carbocycles. The lowest BCUT2D eigenvalue weighted by molar-refractivity contribution is 0.0624. The van der Waals surface area contributed by atoms with E-state index in [1.807, 2.05) is 0 Å². The first-order chi connectivity index (χ1) is 7.43. The molecule has 0 saturated carbocycles. The topological polar surface area (TPSA) is 44.5 Å². The number of halogens is 2. The maximum atomic E-state index is 12.7. The van der Waals surface area contributed by atoms with E-state index in [-0.39, 0.29) is 0 Å². The van der Waals surface area contributed by atoms with Gasteiger partial charge in [0.25, 0.3) is 6.43 Å². The molecule has 1 unspecified atom stereocenters. The van der Waals surface area contributed by atoms with Crippen LogP contribution in [0.4, 0.5) is 8.78 Å². The van der Waals surface area contributed by atoms with Gasteiger partial charge in [0, 0.05) is 0 Å². The van der Waals surface area contributed by atoms with E-state index < -0.39 is 12.0 Å².